The van der Waals surface area contributed by atoms with Gasteiger partial charge in [0.05, 0.1) is 16.3 Å². The summed E-state index contributed by atoms with van der Waals surface area (Å²) in [6.45, 7) is 0.172. The minimum absolute atomic E-state index is 0.0537. The van der Waals surface area contributed by atoms with Crippen LogP contribution in [0.4, 0.5) is 33.7 Å². The number of nitrogens with zero attached hydrogens (tertiary/aromatic N) is 2. The molecule has 28 heavy (non-hydrogen) atoms. The third-order valence-electron chi connectivity index (χ3n) is 4.14. The molecule has 5 nitrogen and oxygen atoms in total. The molecule has 0 unspecified atom stereocenters. The van der Waals surface area contributed by atoms with Gasteiger partial charge >= 0.3 is 12.2 Å². The van der Waals surface area contributed by atoms with Crippen molar-refractivity contribution in [1.82, 2.24) is 4.90 Å². The van der Waals surface area contributed by atoms with Crippen LogP contribution in [0.5, 0.6) is 0 Å². The van der Waals surface area contributed by atoms with E-state index >= 15 is 0 Å². The molecule has 1 fully saturated rings. The molecule has 1 N–H and O–H groups in total. The van der Waals surface area contributed by atoms with Gasteiger partial charge in [-0.2, -0.15) is 13.2 Å². The third-order valence-corrected chi connectivity index (χ3v) is 4.47. The summed E-state index contributed by atoms with van der Waals surface area (Å²) in [5.41, 5.74) is -0.661. The smallest absolute Gasteiger partial charge is 0.323 e. The number of nitrogens with one attached hydrogen (secondary N) is 1. The van der Waals surface area contributed by atoms with Crippen LogP contribution in [0.25, 0.3) is 0 Å². The summed E-state index contributed by atoms with van der Waals surface area (Å²) in [6, 6.07) is 7.44. The molecule has 0 saturated carbocycles. The Hall–Kier alpha value is -2.81. The van der Waals surface area contributed by atoms with E-state index in [4.69, 9.17) is 11.6 Å². The molecule has 148 valence electrons. The van der Waals surface area contributed by atoms with Gasteiger partial charge in [0.15, 0.2) is 0 Å². The van der Waals surface area contributed by atoms with Gasteiger partial charge < -0.3 is 10.2 Å². The van der Waals surface area contributed by atoms with Gasteiger partial charge in [-0.15, -0.1) is 0 Å². The summed E-state index contributed by atoms with van der Waals surface area (Å²) in [5, 5.41) is 2.25. The van der Waals surface area contributed by atoms with E-state index in [2.05, 4.69) is 5.32 Å². The first kappa shape index (κ1) is 19.9. The SMILES string of the molecule is O=C(CN1CCN(c2ccc(F)cc2)C1=O)Nc1cc(C(F)(F)F)ccc1Cl. The number of halogens is 5. The average Bonchev–Trinajstić information content (AvgIpc) is 2.97. The average molecular weight is 416 g/mol. The second kappa shape index (κ2) is 7.67. The molecule has 0 radical (unpaired) electrons. The molecule has 0 aromatic heterocycles. The molecule has 2 aromatic carbocycles. The molecule has 0 aliphatic carbocycles. The molecule has 1 saturated heterocycles. The van der Waals surface area contributed by atoms with Crippen molar-refractivity contribution < 1.29 is 27.2 Å². The summed E-state index contributed by atoms with van der Waals surface area (Å²) < 4.78 is 51.4. The number of urea groups is 1. The van der Waals surface area contributed by atoms with Crippen molar-refractivity contribution in [3.8, 4) is 0 Å². The fourth-order valence-corrected chi connectivity index (χ4v) is 2.92. The first-order valence-corrected chi connectivity index (χ1v) is 8.51. The topological polar surface area (TPSA) is 52.7 Å². The number of amides is 3. The molecule has 0 spiro atoms. The van der Waals surface area contributed by atoms with E-state index in [1.165, 1.54) is 34.1 Å². The number of rotatable bonds is 4. The minimum atomic E-state index is -4.58. The highest BCUT2D eigenvalue weighted by Gasteiger charge is 2.32. The van der Waals surface area contributed by atoms with Crippen molar-refractivity contribution in [1.29, 1.82) is 0 Å². The zero-order valence-corrected chi connectivity index (χ0v) is 15.0. The Labute approximate surface area is 162 Å². The fraction of sp³-hybridized carbons (Fsp3) is 0.222. The first-order valence-electron chi connectivity index (χ1n) is 8.14. The van der Waals surface area contributed by atoms with Gasteiger partial charge in [0.1, 0.15) is 12.4 Å². The lowest BCUT2D eigenvalue weighted by atomic mass is 10.2. The van der Waals surface area contributed by atoms with E-state index in [0.29, 0.717) is 12.2 Å². The van der Waals surface area contributed by atoms with E-state index in [1.54, 1.807) is 0 Å². The van der Waals surface area contributed by atoms with Crippen LogP contribution in [0, 0.1) is 5.82 Å². The normalized spacial score (nSPS) is 14.5. The second-order valence-electron chi connectivity index (χ2n) is 6.07. The zero-order valence-electron chi connectivity index (χ0n) is 14.3. The van der Waals surface area contributed by atoms with Crippen LogP contribution in [0.1, 0.15) is 5.56 Å². The summed E-state index contributed by atoms with van der Waals surface area (Å²) >= 11 is 5.85. The molecule has 0 atom stereocenters. The molecule has 10 heteroatoms. The van der Waals surface area contributed by atoms with Crippen LogP contribution in [0.15, 0.2) is 42.5 Å². The van der Waals surface area contributed by atoms with Crippen LogP contribution >= 0.6 is 11.6 Å². The predicted molar refractivity (Wildman–Crippen MR) is 95.8 cm³/mol. The Kier molecular flexibility index (Phi) is 5.46. The first-order chi connectivity index (χ1) is 13.1. The fourth-order valence-electron chi connectivity index (χ4n) is 2.75. The number of anilines is 2. The van der Waals surface area contributed by atoms with Crippen molar-refractivity contribution >= 4 is 34.9 Å². The summed E-state index contributed by atoms with van der Waals surface area (Å²) in [5.74, 6) is -1.12. The van der Waals surface area contributed by atoms with E-state index in [9.17, 15) is 27.2 Å². The Morgan fingerprint density at radius 1 is 1.11 bits per heavy atom. The van der Waals surface area contributed by atoms with Crippen LogP contribution in [-0.4, -0.2) is 36.5 Å². The van der Waals surface area contributed by atoms with Crippen molar-refractivity contribution in [2.24, 2.45) is 0 Å². The lowest BCUT2D eigenvalue weighted by Crippen LogP contribution is -2.37. The molecule has 0 bridgehead atoms. The molecule has 1 heterocycles. The lowest BCUT2D eigenvalue weighted by molar-refractivity contribution is -0.137. The van der Waals surface area contributed by atoms with Crippen LogP contribution in [0.3, 0.4) is 0 Å². The highest BCUT2D eigenvalue weighted by atomic mass is 35.5. The number of alkyl halides is 3. The Balaban J connectivity index is 1.66. The minimum Gasteiger partial charge on any atom is -0.323 e. The number of hydrogen-bond acceptors (Lipinski definition) is 2. The highest BCUT2D eigenvalue weighted by Crippen LogP contribution is 2.33. The number of benzene rings is 2. The van der Waals surface area contributed by atoms with Gasteiger partial charge in [-0.1, -0.05) is 11.6 Å². The largest absolute Gasteiger partial charge is 0.416 e. The molecular weight excluding hydrogens is 402 g/mol. The molecule has 1 aliphatic heterocycles. The molecule has 3 amide bonds. The number of hydrogen-bond donors (Lipinski definition) is 1. The van der Waals surface area contributed by atoms with Crippen molar-refractivity contribution in [2.45, 2.75) is 6.18 Å². The second-order valence-corrected chi connectivity index (χ2v) is 6.48. The monoisotopic (exact) mass is 415 g/mol. The van der Waals surface area contributed by atoms with Gasteiger partial charge in [0.25, 0.3) is 0 Å². The van der Waals surface area contributed by atoms with Crippen LogP contribution < -0.4 is 10.2 Å². The third kappa shape index (κ3) is 4.36. The molecule has 1 aliphatic rings. The highest BCUT2D eigenvalue weighted by molar-refractivity contribution is 6.33. The van der Waals surface area contributed by atoms with Crippen molar-refractivity contribution in [2.75, 3.05) is 29.9 Å². The van der Waals surface area contributed by atoms with Crippen LogP contribution in [0.2, 0.25) is 5.02 Å². The number of carbonyl (C=O) groups excluding carboxylic acids is 2. The van der Waals surface area contributed by atoms with E-state index in [1.807, 2.05) is 0 Å². The Bertz CT molecular complexity index is 903. The molecule has 2 aromatic rings. The maximum atomic E-state index is 13.0. The molecule has 3 rings (SSSR count). The maximum Gasteiger partial charge on any atom is 0.416 e. The summed E-state index contributed by atoms with van der Waals surface area (Å²) in [6.07, 6.45) is -4.58. The van der Waals surface area contributed by atoms with E-state index in [-0.39, 0.29) is 23.8 Å². The van der Waals surface area contributed by atoms with Crippen molar-refractivity contribution in [3.05, 3.63) is 58.9 Å². The lowest BCUT2D eigenvalue weighted by Gasteiger charge is -2.19. The predicted octanol–water partition coefficient (Wildman–Crippen LogP) is 4.38. The van der Waals surface area contributed by atoms with Gasteiger partial charge in [-0.25, -0.2) is 9.18 Å². The van der Waals surface area contributed by atoms with Crippen LogP contribution in [-0.2, 0) is 11.0 Å². The van der Waals surface area contributed by atoms with E-state index < -0.39 is 29.5 Å². The quantitative estimate of drug-likeness (QED) is 0.753. The maximum absolute atomic E-state index is 13.0. The van der Waals surface area contributed by atoms with Gasteiger partial charge in [-0.05, 0) is 42.5 Å². The molecular formula is C18H14ClF4N3O2. The van der Waals surface area contributed by atoms with E-state index in [0.717, 1.165) is 18.2 Å². The Morgan fingerprint density at radius 3 is 2.43 bits per heavy atom. The van der Waals surface area contributed by atoms with Gasteiger partial charge in [0, 0.05) is 18.8 Å². The Morgan fingerprint density at radius 2 is 1.79 bits per heavy atom. The van der Waals surface area contributed by atoms with Crippen molar-refractivity contribution in [3.63, 3.8) is 0 Å². The number of carbonyl (C=O) groups is 2. The van der Waals surface area contributed by atoms with Gasteiger partial charge in [0.2, 0.25) is 5.91 Å². The summed E-state index contributed by atoms with van der Waals surface area (Å²) in [7, 11) is 0. The zero-order chi connectivity index (χ0) is 20.5. The summed E-state index contributed by atoms with van der Waals surface area (Å²) in [4.78, 5) is 27.3. The van der Waals surface area contributed by atoms with Gasteiger partial charge in [-0.3, -0.25) is 9.69 Å². The standard InChI is InChI=1S/C18H14ClF4N3O2/c19-14-6-1-11(18(21,22)23)9-15(14)24-16(27)10-25-7-8-26(17(25)28)13-4-2-12(20)3-5-13/h1-6,9H,7-8,10H2,(H,24,27).